The van der Waals surface area contributed by atoms with Gasteiger partial charge in [0.05, 0.1) is 52.7 Å². The van der Waals surface area contributed by atoms with Crippen LogP contribution in [-0.2, 0) is 32.0 Å². The van der Waals surface area contributed by atoms with E-state index in [0.29, 0.717) is 51.2 Å². The fraction of sp³-hybridized carbons (Fsp3) is 0.704. The van der Waals surface area contributed by atoms with Crippen molar-refractivity contribution in [2.45, 2.75) is 207 Å². The lowest BCUT2D eigenvalue weighted by Crippen LogP contribution is -2.15. The van der Waals surface area contributed by atoms with Crippen molar-refractivity contribution < 1.29 is 28.4 Å². The van der Waals surface area contributed by atoms with Gasteiger partial charge in [0.25, 0.3) is 0 Å². The van der Waals surface area contributed by atoms with Gasteiger partial charge in [-0.2, -0.15) is 10.2 Å². The quantitative estimate of drug-likeness (QED) is 0.0510. The molecular weight excluding hydrogens is 829 g/mol. The van der Waals surface area contributed by atoms with Gasteiger partial charge in [-0.15, -0.1) is 0 Å². The number of rotatable bonds is 28. The average Bonchev–Trinajstić information content (AvgIpc) is 3.95. The number of hydrogen-bond donors (Lipinski definition) is 0. The highest BCUT2D eigenvalue weighted by Gasteiger charge is 2.24. The Bertz CT molecular complexity index is 1710. The van der Waals surface area contributed by atoms with Crippen molar-refractivity contribution in [3.8, 4) is 11.5 Å². The van der Waals surface area contributed by atoms with Crippen LogP contribution in [0, 0.1) is 0 Å². The Balaban J connectivity index is 1.09. The maximum atomic E-state index is 6.32. The molecule has 368 valence electrons. The second-order valence-corrected chi connectivity index (χ2v) is 18.4. The van der Waals surface area contributed by atoms with Crippen molar-refractivity contribution in [1.29, 1.82) is 0 Å². The second-order valence-electron chi connectivity index (χ2n) is 18.4. The molecule has 2 aromatic heterocycles. The summed E-state index contributed by atoms with van der Waals surface area (Å²) in [5.74, 6) is 4.47. The zero-order chi connectivity index (χ0) is 46.6. The van der Waals surface area contributed by atoms with Gasteiger partial charge in [-0.05, 0) is 75.9 Å². The molecule has 4 bridgehead atoms. The van der Waals surface area contributed by atoms with E-state index in [0.717, 1.165) is 60.3 Å². The van der Waals surface area contributed by atoms with E-state index in [-0.39, 0.29) is 24.4 Å². The summed E-state index contributed by atoms with van der Waals surface area (Å²) in [6.45, 7) is 16.6. The van der Waals surface area contributed by atoms with Crippen molar-refractivity contribution in [1.82, 2.24) is 29.5 Å². The van der Waals surface area contributed by atoms with Crippen molar-refractivity contribution >= 4 is 0 Å². The van der Waals surface area contributed by atoms with Crippen LogP contribution in [-0.4, -0.2) is 69.2 Å². The van der Waals surface area contributed by atoms with Gasteiger partial charge in [0.15, 0.2) is 23.3 Å². The number of fused-ring (bicyclic) bond motifs is 4. The molecule has 4 atom stereocenters. The van der Waals surface area contributed by atoms with Crippen molar-refractivity contribution in [3.63, 3.8) is 0 Å². The second kappa shape index (κ2) is 31.3. The number of unbranched alkanes of at least 4 members (excludes halogenated alkanes) is 18. The summed E-state index contributed by atoms with van der Waals surface area (Å²) in [7, 11) is 0. The molecule has 0 saturated carbocycles. The Labute approximate surface area is 398 Å². The molecule has 12 heteroatoms. The minimum absolute atomic E-state index is 0.329. The van der Waals surface area contributed by atoms with Crippen LogP contribution in [0.3, 0.4) is 0 Å². The lowest BCUT2D eigenvalue weighted by molar-refractivity contribution is -0.0218. The molecule has 4 aromatic rings. The van der Waals surface area contributed by atoms with Crippen LogP contribution in [0.4, 0.5) is 0 Å². The Morgan fingerprint density at radius 3 is 1.06 bits per heavy atom. The summed E-state index contributed by atoms with van der Waals surface area (Å²) < 4.78 is 41.2. The number of ether oxygens (including phenoxy) is 6. The standard InChI is InChI=1S/C54H86N6O6/c1-7-9-11-13-15-17-19-21-23-25-35-65-49-31-27-47(28-32-49)41-59-53-45(5)63-39-37-62-44(4)52-56-54(46(6)64-40-38-61-43(3)51(55-53)57-59)60(58-52)42-48-29-33-50(34-30-48)66-36-26-24-22-20-18-16-14-12-10-8-2/h27-34,43-46H,7-26,35-42H2,1-6H3/t43-,44-,45-,46-/m0/s1. The lowest BCUT2D eigenvalue weighted by Gasteiger charge is -2.16. The van der Waals surface area contributed by atoms with Crippen LogP contribution in [0.2, 0.25) is 0 Å². The molecule has 0 aliphatic carbocycles. The highest BCUT2D eigenvalue weighted by molar-refractivity contribution is 5.28. The van der Waals surface area contributed by atoms with E-state index in [9.17, 15) is 0 Å². The number of aromatic nitrogens is 6. The Hall–Kier alpha value is -3.84. The van der Waals surface area contributed by atoms with E-state index in [1.165, 1.54) is 116 Å². The van der Waals surface area contributed by atoms with Gasteiger partial charge in [0, 0.05) is 0 Å². The van der Waals surface area contributed by atoms with Gasteiger partial charge in [-0.3, -0.25) is 0 Å². The molecule has 0 spiro atoms. The zero-order valence-electron chi connectivity index (χ0n) is 41.9. The Kier molecular flexibility index (Phi) is 25.2. The first kappa shape index (κ1) is 53.1. The lowest BCUT2D eigenvalue weighted by atomic mass is 10.1. The van der Waals surface area contributed by atoms with Gasteiger partial charge in [-0.1, -0.05) is 154 Å². The summed E-state index contributed by atoms with van der Waals surface area (Å²) in [6, 6.07) is 16.6. The van der Waals surface area contributed by atoms with E-state index in [1.54, 1.807) is 0 Å². The fourth-order valence-corrected chi connectivity index (χ4v) is 8.41. The molecule has 0 unspecified atom stereocenters. The number of benzene rings is 2. The largest absolute Gasteiger partial charge is 0.494 e. The maximum absolute atomic E-state index is 6.32. The third-order valence-electron chi connectivity index (χ3n) is 12.6. The van der Waals surface area contributed by atoms with Crippen LogP contribution >= 0.6 is 0 Å². The van der Waals surface area contributed by atoms with Gasteiger partial charge in [0.1, 0.15) is 35.9 Å². The Morgan fingerprint density at radius 1 is 0.424 bits per heavy atom. The Morgan fingerprint density at radius 2 is 0.727 bits per heavy atom. The highest BCUT2D eigenvalue weighted by atomic mass is 16.5. The van der Waals surface area contributed by atoms with E-state index >= 15 is 0 Å². The average molecular weight is 915 g/mol. The molecule has 0 N–H and O–H groups in total. The van der Waals surface area contributed by atoms with Gasteiger partial charge < -0.3 is 28.4 Å². The van der Waals surface area contributed by atoms with Gasteiger partial charge in [-0.25, -0.2) is 19.3 Å². The fourth-order valence-electron chi connectivity index (χ4n) is 8.41. The first-order valence-electron chi connectivity index (χ1n) is 26.1. The van der Waals surface area contributed by atoms with E-state index in [2.05, 4.69) is 62.4 Å². The molecule has 66 heavy (non-hydrogen) atoms. The van der Waals surface area contributed by atoms with Crippen LogP contribution in [0.25, 0.3) is 0 Å². The normalized spacial score (nSPS) is 18.5. The van der Waals surface area contributed by atoms with Crippen LogP contribution in [0.5, 0.6) is 11.5 Å². The van der Waals surface area contributed by atoms with E-state index in [1.807, 2.05) is 37.1 Å². The van der Waals surface area contributed by atoms with E-state index in [4.69, 9.17) is 48.6 Å². The molecular formula is C54H86N6O6. The highest BCUT2D eigenvalue weighted by Crippen LogP contribution is 2.25. The third kappa shape index (κ3) is 19.4. The van der Waals surface area contributed by atoms with Crippen LogP contribution < -0.4 is 9.47 Å². The molecule has 0 saturated heterocycles. The molecule has 0 radical (unpaired) electrons. The molecule has 1 aliphatic heterocycles. The van der Waals surface area contributed by atoms with Crippen molar-refractivity contribution in [2.75, 3.05) is 39.6 Å². The van der Waals surface area contributed by atoms with Gasteiger partial charge in [0.2, 0.25) is 0 Å². The minimum Gasteiger partial charge on any atom is -0.494 e. The summed E-state index contributed by atoms with van der Waals surface area (Å²) in [4.78, 5) is 9.89. The van der Waals surface area contributed by atoms with Gasteiger partial charge >= 0.3 is 0 Å². The SMILES string of the molecule is CCCCCCCCCCCCOc1ccc(Cn2nc3nc2[C@H](C)OCCO[C@@H](C)c2nc(n(Cc4ccc(OCCCCCCCCCCCC)cc4)n2)[C@H](C)OCCO[C@H]3C)cc1. The summed E-state index contributed by atoms with van der Waals surface area (Å²) in [5.41, 5.74) is 2.20. The maximum Gasteiger partial charge on any atom is 0.179 e. The topological polar surface area (TPSA) is 117 Å². The summed E-state index contributed by atoms with van der Waals surface area (Å²) in [6.07, 6.45) is 24.9. The molecule has 0 fully saturated rings. The molecule has 5 rings (SSSR count). The molecule has 0 amide bonds. The first-order valence-corrected chi connectivity index (χ1v) is 26.1. The molecule has 3 heterocycles. The number of nitrogens with zero attached hydrogens (tertiary/aromatic N) is 6. The first-order chi connectivity index (χ1) is 32.3. The van der Waals surface area contributed by atoms with Crippen LogP contribution in [0.1, 0.15) is 229 Å². The van der Waals surface area contributed by atoms with Crippen LogP contribution in [0.15, 0.2) is 48.5 Å². The molecule has 12 nitrogen and oxygen atoms in total. The summed E-state index contributed by atoms with van der Waals surface area (Å²) in [5, 5.41) is 9.86. The van der Waals surface area contributed by atoms with Crippen molar-refractivity contribution in [2.24, 2.45) is 0 Å². The van der Waals surface area contributed by atoms with Crippen molar-refractivity contribution in [3.05, 3.63) is 83.0 Å². The monoisotopic (exact) mass is 915 g/mol. The zero-order valence-corrected chi connectivity index (χ0v) is 41.9. The predicted molar refractivity (Wildman–Crippen MR) is 263 cm³/mol. The molecule has 1 aliphatic rings. The van der Waals surface area contributed by atoms with E-state index < -0.39 is 0 Å². The minimum atomic E-state index is -0.349. The third-order valence-corrected chi connectivity index (χ3v) is 12.6. The molecule has 2 aromatic carbocycles. The predicted octanol–water partition coefficient (Wildman–Crippen LogP) is 13.6. The number of hydrogen-bond acceptors (Lipinski definition) is 10. The smallest absolute Gasteiger partial charge is 0.179 e. The summed E-state index contributed by atoms with van der Waals surface area (Å²) >= 11 is 0.